The molecule has 1 amide bonds. The van der Waals surface area contributed by atoms with Crippen molar-refractivity contribution in [3.63, 3.8) is 0 Å². The highest BCUT2D eigenvalue weighted by Crippen LogP contribution is 2.17. The second-order valence-electron chi connectivity index (χ2n) is 4.19. The van der Waals surface area contributed by atoms with Gasteiger partial charge in [0.15, 0.2) is 6.61 Å². The van der Waals surface area contributed by atoms with Crippen molar-refractivity contribution >= 4 is 16.8 Å². The Labute approximate surface area is 111 Å². The Morgan fingerprint density at radius 1 is 1.42 bits per heavy atom. The number of hydrogen-bond donors (Lipinski definition) is 1. The lowest BCUT2D eigenvalue weighted by Crippen LogP contribution is -2.33. The first-order chi connectivity index (χ1) is 9.20. The van der Waals surface area contributed by atoms with Gasteiger partial charge >= 0.3 is 0 Å². The van der Waals surface area contributed by atoms with E-state index in [0.717, 1.165) is 10.9 Å². The van der Waals surface area contributed by atoms with Crippen LogP contribution in [0, 0.1) is 0 Å². The number of para-hydroxylation sites is 1. The molecule has 1 aromatic heterocycles. The Bertz CT molecular complexity index is 571. The van der Waals surface area contributed by atoms with E-state index in [0.29, 0.717) is 12.3 Å². The largest absolute Gasteiger partial charge is 0.482 e. The van der Waals surface area contributed by atoms with E-state index in [-0.39, 0.29) is 19.1 Å². The molecule has 0 aliphatic heterocycles. The number of amides is 1. The molecule has 0 atom stereocenters. The number of hydrogen-bond acceptors (Lipinski definition) is 4. The van der Waals surface area contributed by atoms with Crippen LogP contribution in [-0.2, 0) is 4.79 Å². The third kappa shape index (κ3) is 3.42. The average molecular weight is 260 g/mol. The Kier molecular flexibility index (Phi) is 4.30. The molecule has 5 heteroatoms. The zero-order chi connectivity index (χ0) is 13.7. The standard InChI is InChI=1S/C14H16N2O3/c1-16(6-7-17)14(18)10-19-12-8-11-4-2-3-5-13(11)15-9-12/h2-5,8-9,17H,6-7,10H2,1H3. The third-order valence-electron chi connectivity index (χ3n) is 2.79. The van der Waals surface area contributed by atoms with Crippen molar-refractivity contribution in [2.45, 2.75) is 0 Å². The van der Waals surface area contributed by atoms with E-state index in [1.807, 2.05) is 30.3 Å². The highest BCUT2D eigenvalue weighted by molar-refractivity contribution is 5.80. The number of benzene rings is 1. The Morgan fingerprint density at radius 3 is 3.00 bits per heavy atom. The molecule has 1 heterocycles. The lowest BCUT2D eigenvalue weighted by molar-refractivity contribution is -0.132. The number of aliphatic hydroxyl groups is 1. The molecule has 0 saturated carbocycles. The summed E-state index contributed by atoms with van der Waals surface area (Å²) < 4.78 is 5.41. The molecule has 0 fully saturated rings. The minimum Gasteiger partial charge on any atom is -0.482 e. The number of ether oxygens (including phenoxy) is 1. The zero-order valence-corrected chi connectivity index (χ0v) is 10.7. The zero-order valence-electron chi connectivity index (χ0n) is 10.7. The first-order valence-electron chi connectivity index (χ1n) is 6.03. The maximum atomic E-state index is 11.6. The molecule has 0 spiro atoms. The van der Waals surface area contributed by atoms with Crippen LogP contribution in [0.2, 0.25) is 0 Å². The predicted octanol–water partition coefficient (Wildman–Crippen LogP) is 1.06. The summed E-state index contributed by atoms with van der Waals surface area (Å²) in [6.07, 6.45) is 1.60. The van der Waals surface area contributed by atoms with Gasteiger partial charge in [0.1, 0.15) is 5.75 Å². The number of fused-ring (bicyclic) bond motifs is 1. The molecule has 2 rings (SSSR count). The fourth-order valence-electron chi connectivity index (χ4n) is 1.66. The number of nitrogens with zero attached hydrogens (tertiary/aromatic N) is 2. The summed E-state index contributed by atoms with van der Waals surface area (Å²) in [5.74, 6) is 0.381. The SMILES string of the molecule is CN(CCO)C(=O)COc1cnc2ccccc2c1. The highest BCUT2D eigenvalue weighted by Gasteiger charge is 2.09. The molecular formula is C14H16N2O3. The Balaban J connectivity index is 2.00. The molecule has 100 valence electrons. The molecule has 19 heavy (non-hydrogen) atoms. The molecule has 0 aliphatic carbocycles. The smallest absolute Gasteiger partial charge is 0.260 e. The summed E-state index contributed by atoms with van der Waals surface area (Å²) in [6.45, 7) is 0.189. The van der Waals surface area contributed by atoms with Gasteiger partial charge in [0.25, 0.3) is 5.91 Å². The molecular weight excluding hydrogens is 244 g/mol. The Hall–Kier alpha value is -2.14. The monoisotopic (exact) mass is 260 g/mol. The van der Waals surface area contributed by atoms with Crippen LogP contribution in [0.3, 0.4) is 0 Å². The number of aromatic nitrogens is 1. The third-order valence-corrected chi connectivity index (χ3v) is 2.79. The van der Waals surface area contributed by atoms with Gasteiger partial charge in [0, 0.05) is 19.0 Å². The molecule has 0 radical (unpaired) electrons. The van der Waals surface area contributed by atoms with Crippen molar-refractivity contribution in [1.82, 2.24) is 9.88 Å². The molecule has 0 unspecified atom stereocenters. The molecule has 1 N–H and O–H groups in total. The lowest BCUT2D eigenvalue weighted by atomic mass is 10.2. The number of pyridine rings is 1. The van der Waals surface area contributed by atoms with E-state index in [1.54, 1.807) is 13.2 Å². The van der Waals surface area contributed by atoms with Crippen LogP contribution in [0.1, 0.15) is 0 Å². The number of likely N-dealkylation sites (N-methyl/N-ethyl adjacent to an activating group) is 1. The summed E-state index contributed by atoms with van der Waals surface area (Å²) in [5, 5.41) is 9.71. The van der Waals surface area contributed by atoms with Gasteiger partial charge in [-0.05, 0) is 12.1 Å². The van der Waals surface area contributed by atoms with Gasteiger partial charge in [-0.1, -0.05) is 18.2 Å². The van der Waals surface area contributed by atoms with E-state index >= 15 is 0 Å². The van der Waals surface area contributed by atoms with Gasteiger partial charge in [-0.25, -0.2) is 0 Å². The number of carbonyl (C=O) groups is 1. The van der Waals surface area contributed by atoms with E-state index in [4.69, 9.17) is 9.84 Å². The number of aliphatic hydroxyl groups excluding tert-OH is 1. The van der Waals surface area contributed by atoms with Gasteiger partial charge in [0.2, 0.25) is 0 Å². The van der Waals surface area contributed by atoms with Crippen molar-refractivity contribution in [3.8, 4) is 5.75 Å². The van der Waals surface area contributed by atoms with Gasteiger partial charge in [0.05, 0.1) is 18.3 Å². The number of carbonyl (C=O) groups excluding carboxylic acids is 1. The van der Waals surface area contributed by atoms with Crippen LogP contribution in [0.25, 0.3) is 10.9 Å². The van der Waals surface area contributed by atoms with Crippen LogP contribution in [0.4, 0.5) is 0 Å². The van der Waals surface area contributed by atoms with Gasteiger partial charge in [-0.15, -0.1) is 0 Å². The summed E-state index contributed by atoms with van der Waals surface area (Å²) >= 11 is 0. The van der Waals surface area contributed by atoms with Crippen LogP contribution in [0.15, 0.2) is 36.5 Å². The maximum absolute atomic E-state index is 11.6. The van der Waals surface area contributed by atoms with E-state index in [1.165, 1.54) is 4.90 Å². The van der Waals surface area contributed by atoms with Crippen molar-refractivity contribution in [1.29, 1.82) is 0 Å². The van der Waals surface area contributed by atoms with Crippen molar-refractivity contribution < 1.29 is 14.6 Å². The first-order valence-corrected chi connectivity index (χ1v) is 6.03. The fourth-order valence-corrected chi connectivity index (χ4v) is 1.66. The molecule has 1 aromatic carbocycles. The molecule has 0 aliphatic rings. The van der Waals surface area contributed by atoms with Gasteiger partial charge in [-0.3, -0.25) is 9.78 Å². The summed E-state index contributed by atoms with van der Waals surface area (Å²) in [7, 11) is 1.63. The topological polar surface area (TPSA) is 62.7 Å². The summed E-state index contributed by atoms with van der Waals surface area (Å²) in [4.78, 5) is 17.3. The summed E-state index contributed by atoms with van der Waals surface area (Å²) in [6, 6.07) is 9.55. The highest BCUT2D eigenvalue weighted by atomic mass is 16.5. The maximum Gasteiger partial charge on any atom is 0.260 e. The van der Waals surface area contributed by atoms with E-state index in [2.05, 4.69) is 4.98 Å². The quantitative estimate of drug-likeness (QED) is 0.873. The van der Waals surface area contributed by atoms with Gasteiger partial charge < -0.3 is 14.7 Å². The van der Waals surface area contributed by atoms with Gasteiger partial charge in [-0.2, -0.15) is 0 Å². The van der Waals surface area contributed by atoms with Crippen molar-refractivity contribution in [2.24, 2.45) is 0 Å². The minimum absolute atomic E-state index is 0.0558. The summed E-state index contributed by atoms with van der Waals surface area (Å²) in [5.41, 5.74) is 0.888. The minimum atomic E-state index is -0.179. The number of rotatable bonds is 5. The van der Waals surface area contributed by atoms with Crippen molar-refractivity contribution in [2.75, 3.05) is 26.8 Å². The normalized spacial score (nSPS) is 10.4. The van der Waals surface area contributed by atoms with Crippen LogP contribution >= 0.6 is 0 Å². The average Bonchev–Trinajstić information content (AvgIpc) is 2.44. The van der Waals surface area contributed by atoms with E-state index < -0.39 is 0 Å². The fraction of sp³-hybridized carbons (Fsp3) is 0.286. The molecule has 0 bridgehead atoms. The molecule has 5 nitrogen and oxygen atoms in total. The second-order valence-corrected chi connectivity index (χ2v) is 4.19. The van der Waals surface area contributed by atoms with Crippen LogP contribution < -0.4 is 4.74 Å². The second kappa shape index (κ2) is 6.15. The molecule has 2 aromatic rings. The predicted molar refractivity (Wildman–Crippen MR) is 72.0 cm³/mol. The first kappa shape index (κ1) is 13.3. The molecule has 0 saturated heterocycles. The van der Waals surface area contributed by atoms with Crippen LogP contribution in [-0.4, -0.2) is 47.7 Å². The Morgan fingerprint density at radius 2 is 2.21 bits per heavy atom. The lowest BCUT2D eigenvalue weighted by Gasteiger charge is -2.15. The van der Waals surface area contributed by atoms with E-state index in [9.17, 15) is 4.79 Å². The van der Waals surface area contributed by atoms with Crippen LogP contribution in [0.5, 0.6) is 5.75 Å². The van der Waals surface area contributed by atoms with Crippen molar-refractivity contribution in [3.05, 3.63) is 36.5 Å².